The van der Waals surface area contributed by atoms with Crippen LogP contribution in [0.1, 0.15) is 32.3 Å². The average molecular weight is 253 g/mol. The summed E-state index contributed by atoms with van der Waals surface area (Å²) in [6, 6.07) is 6.37. The zero-order chi connectivity index (χ0) is 12.4. The molecule has 1 aliphatic rings. The molecule has 0 heterocycles. The molecule has 2 rings (SSSR count). The largest absolute Gasteiger partial charge is 0.399 e. The third-order valence-corrected chi connectivity index (χ3v) is 3.72. The van der Waals surface area contributed by atoms with E-state index in [9.17, 15) is 0 Å². The van der Waals surface area contributed by atoms with Gasteiger partial charge in [-0.2, -0.15) is 0 Å². The van der Waals surface area contributed by atoms with Gasteiger partial charge >= 0.3 is 0 Å². The lowest BCUT2D eigenvalue weighted by Gasteiger charge is -2.27. The Labute approximate surface area is 109 Å². The molecule has 94 valence electrons. The molecule has 0 saturated heterocycles. The number of hydrogen-bond donors (Lipinski definition) is 1. The molecule has 2 nitrogen and oxygen atoms in total. The third kappa shape index (κ3) is 3.62. The van der Waals surface area contributed by atoms with E-state index in [1.165, 1.54) is 24.9 Å². The summed E-state index contributed by atoms with van der Waals surface area (Å²) < 4.78 is 0. The maximum atomic E-state index is 6.22. The van der Waals surface area contributed by atoms with E-state index in [1.54, 1.807) is 0 Å². The smallest absolute Gasteiger partial charge is 0.0471 e. The van der Waals surface area contributed by atoms with Crippen molar-refractivity contribution in [1.82, 2.24) is 4.90 Å². The highest BCUT2D eigenvalue weighted by Crippen LogP contribution is 2.31. The van der Waals surface area contributed by atoms with Crippen LogP contribution < -0.4 is 5.73 Å². The lowest BCUT2D eigenvalue weighted by atomic mass is 10.1. The standard InChI is InChI=1S/C14H21ClN2/c1-10(2)17(8-11-3-4-11)9-12-5-6-13(16)7-14(12)15/h5-7,10-11H,3-4,8-9,16H2,1-2H3. The van der Waals surface area contributed by atoms with Crippen molar-refractivity contribution in [3.8, 4) is 0 Å². The van der Waals surface area contributed by atoms with Crippen molar-refractivity contribution < 1.29 is 0 Å². The van der Waals surface area contributed by atoms with Crippen LogP contribution >= 0.6 is 11.6 Å². The van der Waals surface area contributed by atoms with Crippen LogP contribution in [0.5, 0.6) is 0 Å². The van der Waals surface area contributed by atoms with Crippen molar-refractivity contribution in [2.75, 3.05) is 12.3 Å². The molecular weight excluding hydrogens is 232 g/mol. The second-order valence-electron chi connectivity index (χ2n) is 5.32. The van der Waals surface area contributed by atoms with Gasteiger partial charge in [-0.25, -0.2) is 0 Å². The quantitative estimate of drug-likeness (QED) is 0.813. The monoisotopic (exact) mass is 252 g/mol. The van der Waals surface area contributed by atoms with Gasteiger partial charge in [0, 0.05) is 29.8 Å². The van der Waals surface area contributed by atoms with Crippen LogP contribution in [0, 0.1) is 5.92 Å². The number of rotatable bonds is 5. The predicted molar refractivity (Wildman–Crippen MR) is 74.1 cm³/mol. The normalized spacial score (nSPS) is 15.8. The van der Waals surface area contributed by atoms with Gasteiger partial charge in [-0.05, 0) is 50.3 Å². The topological polar surface area (TPSA) is 29.3 Å². The average Bonchev–Trinajstić information content (AvgIpc) is 3.04. The fourth-order valence-electron chi connectivity index (χ4n) is 2.00. The van der Waals surface area contributed by atoms with E-state index in [-0.39, 0.29) is 0 Å². The van der Waals surface area contributed by atoms with Crippen LogP contribution in [-0.2, 0) is 6.54 Å². The van der Waals surface area contributed by atoms with E-state index >= 15 is 0 Å². The van der Waals surface area contributed by atoms with Gasteiger partial charge in [-0.1, -0.05) is 17.7 Å². The molecular formula is C14H21ClN2. The van der Waals surface area contributed by atoms with Gasteiger partial charge in [0.2, 0.25) is 0 Å². The summed E-state index contributed by atoms with van der Waals surface area (Å²) in [5, 5.41) is 0.784. The highest BCUT2D eigenvalue weighted by atomic mass is 35.5. The van der Waals surface area contributed by atoms with Gasteiger partial charge in [-0.15, -0.1) is 0 Å². The summed E-state index contributed by atoms with van der Waals surface area (Å²) in [6.45, 7) is 6.60. The molecule has 0 bridgehead atoms. The number of halogens is 1. The maximum absolute atomic E-state index is 6.22. The Balaban J connectivity index is 2.05. The fourth-order valence-corrected chi connectivity index (χ4v) is 2.25. The molecule has 3 heteroatoms. The molecule has 0 aliphatic heterocycles. The van der Waals surface area contributed by atoms with E-state index in [0.717, 1.165) is 23.2 Å². The Bertz CT molecular complexity index is 386. The van der Waals surface area contributed by atoms with Gasteiger partial charge in [0.25, 0.3) is 0 Å². The van der Waals surface area contributed by atoms with Crippen molar-refractivity contribution in [1.29, 1.82) is 0 Å². The number of nitrogens with two attached hydrogens (primary N) is 1. The maximum Gasteiger partial charge on any atom is 0.0471 e. The molecule has 0 unspecified atom stereocenters. The highest BCUT2D eigenvalue weighted by molar-refractivity contribution is 6.31. The SMILES string of the molecule is CC(C)N(Cc1ccc(N)cc1Cl)CC1CC1. The molecule has 1 aromatic rings. The number of benzene rings is 1. The molecule has 0 aromatic heterocycles. The lowest BCUT2D eigenvalue weighted by molar-refractivity contribution is 0.204. The first-order chi connectivity index (χ1) is 8.06. The van der Waals surface area contributed by atoms with Gasteiger partial charge in [0.1, 0.15) is 0 Å². The Morgan fingerprint density at radius 2 is 2.12 bits per heavy atom. The van der Waals surface area contributed by atoms with Crippen LogP contribution in [0.2, 0.25) is 5.02 Å². The van der Waals surface area contributed by atoms with Gasteiger partial charge in [-0.3, -0.25) is 4.90 Å². The molecule has 17 heavy (non-hydrogen) atoms. The summed E-state index contributed by atoms with van der Waals surface area (Å²) in [4.78, 5) is 2.50. The zero-order valence-corrected chi connectivity index (χ0v) is 11.4. The Hall–Kier alpha value is -0.730. The molecule has 0 radical (unpaired) electrons. The summed E-state index contributed by atoms with van der Waals surface area (Å²) in [5.41, 5.74) is 7.62. The predicted octanol–water partition coefficient (Wildman–Crippen LogP) is 3.54. The molecule has 0 amide bonds. The van der Waals surface area contributed by atoms with Crippen LogP contribution in [-0.4, -0.2) is 17.5 Å². The number of nitrogens with zero attached hydrogens (tertiary/aromatic N) is 1. The lowest BCUT2D eigenvalue weighted by Crippen LogP contribution is -2.32. The number of anilines is 1. The minimum Gasteiger partial charge on any atom is -0.399 e. The van der Waals surface area contributed by atoms with Crippen molar-refractivity contribution in [2.24, 2.45) is 5.92 Å². The zero-order valence-electron chi connectivity index (χ0n) is 10.6. The Morgan fingerprint density at radius 3 is 2.65 bits per heavy atom. The van der Waals surface area contributed by atoms with Crippen LogP contribution in [0.15, 0.2) is 18.2 Å². The van der Waals surface area contributed by atoms with Gasteiger partial charge < -0.3 is 5.73 Å². The molecule has 0 atom stereocenters. The highest BCUT2D eigenvalue weighted by Gasteiger charge is 2.25. The van der Waals surface area contributed by atoms with Crippen molar-refractivity contribution in [2.45, 2.75) is 39.3 Å². The van der Waals surface area contributed by atoms with E-state index in [1.807, 2.05) is 18.2 Å². The molecule has 1 saturated carbocycles. The summed E-state index contributed by atoms with van der Waals surface area (Å²) in [6.07, 6.45) is 2.78. The van der Waals surface area contributed by atoms with Gasteiger partial charge in [0.05, 0.1) is 0 Å². The van der Waals surface area contributed by atoms with Crippen LogP contribution in [0.4, 0.5) is 5.69 Å². The van der Waals surface area contributed by atoms with E-state index in [0.29, 0.717) is 6.04 Å². The Morgan fingerprint density at radius 1 is 1.41 bits per heavy atom. The van der Waals surface area contributed by atoms with E-state index in [2.05, 4.69) is 18.7 Å². The number of hydrogen-bond acceptors (Lipinski definition) is 2. The van der Waals surface area contributed by atoms with E-state index in [4.69, 9.17) is 17.3 Å². The second kappa shape index (κ2) is 5.28. The second-order valence-corrected chi connectivity index (χ2v) is 5.72. The molecule has 1 aliphatic carbocycles. The Kier molecular flexibility index (Phi) is 3.95. The first kappa shape index (κ1) is 12.7. The summed E-state index contributed by atoms with van der Waals surface area (Å²) >= 11 is 6.22. The fraction of sp³-hybridized carbons (Fsp3) is 0.571. The van der Waals surface area contributed by atoms with E-state index < -0.39 is 0 Å². The molecule has 1 aromatic carbocycles. The van der Waals surface area contributed by atoms with Gasteiger partial charge in [0.15, 0.2) is 0 Å². The van der Waals surface area contributed by atoms with Crippen LogP contribution in [0.3, 0.4) is 0 Å². The minimum absolute atomic E-state index is 0.559. The minimum atomic E-state index is 0.559. The van der Waals surface area contributed by atoms with Crippen LogP contribution in [0.25, 0.3) is 0 Å². The molecule has 0 spiro atoms. The number of nitrogen functional groups attached to an aromatic ring is 1. The first-order valence-corrected chi connectivity index (χ1v) is 6.72. The van der Waals surface area contributed by atoms with Crippen molar-refractivity contribution >= 4 is 17.3 Å². The molecule has 2 N–H and O–H groups in total. The van der Waals surface area contributed by atoms with Crippen molar-refractivity contribution in [3.05, 3.63) is 28.8 Å². The first-order valence-electron chi connectivity index (χ1n) is 6.34. The van der Waals surface area contributed by atoms with Crippen molar-refractivity contribution in [3.63, 3.8) is 0 Å². The summed E-state index contributed by atoms with van der Waals surface area (Å²) in [5.74, 6) is 0.907. The summed E-state index contributed by atoms with van der Waals surface area (Å²) in [7, 11) is 0. The molecule has 1 fully saturated rings. The third-order valence-electron chi connectivity index (χ3n) is 3.37.